The lowest BCUT2D eigenvalue weighted by Gasteiger charge is -2.09. The van der Waals surface area contributed by atoms with Gasteiger partial charge in [-0.05, 0) is 60.7 Å². The molecule has 0 fully saturated rings. The van der Waals surface area contributed by atoms with Crippen molar-refractivity contribution in [2.24, 2.45) is 0 Å². The van der Waals surface area contributed by atoms with Gasteiger partial charge in [-0.1, -0.05) is 18.2 Å². The first-order chi connectivity index (χ1) is 13.1. The lowest BCUT2D eigenvalue weighted by atomic mass is 10.1. The molecule has 3 rings (SSSR count). The van der Waals surface area contributed by atoms with Crippen LogP contribution < -0.4 is 16.0 Å². The molecule has 0 radical (unpaired) electrons. The van der Waals surface area contributed by atoms with Gasteiger partial charge in [-0.15, -0.1) is 0 Å². The molecule has 0 aliphatic carbocycles. The molecule has 0 heterocycles. The van der Waals surface area contributed by atoms with Gasteiger partial charge in [0.15, 0.2) is 0 Å². The number of amides is 3. The van der Waals surface area contributed by atoms with Crippen molar-refractivity contribution in [3.05, 3.63) is 90.0 Å². The van der Waals surface area contributed by atoms with Gasteiger partial charge >= 0.3 is 6.03 Å². The molecule has 0 aromatic heterocycles. The second-order valence-electron chi connectivity index (χ2n) is 5.67. The first-order valence-electron chi connectivity index (χ1n) is 8.19. The fourth-order valence-corrected chi connectivity index (χ4v) is 2.35. The van der Waals surface area contributed by atoms with E-state index in [1.165, 1.54) is 0 Å². The van der Waals surface area contributed by atoms with Crippen LogP contribution in [0.1, 0.15) is 15.9 Å². The second-order valence-corrected chi connectivity index (χ2v) is 5.67. The minimum atomic E-state index is -0.351. The number of anilines is 3. The average Bonchev–Trinajstić information content (AvgIpc) is 2.70. The quantitative estimate of drug-likeness (QED) is 0.644. The van der Waals surface area contributed by atoms with Crippen LogP contribution in [0.4, 0.5) is 21.9 Å². The van der Waals surface area contributed by atoms with Crippen LogP contribution >= 0.6 is 0 Å². The minimum Gasteiger partial charge on any atom is -0.322 e. The van der Waals surface area contributed by atoms with Crippen LogP contribution in [-0.4, -0.2) is 11.9 Å². The van der Waals surface area contributed by atoms with Crippen molar-refractivity contribution < 1.29 is 9.59 Å². The Kier molecular flexibility index (Phi) is 5.45. The van der Waals surface area contributed by atoms with E-state index >= 15 is 0 Å². The molecular weight excluding hydrogens is 340 g/mol. The second kappa shape index (κ2) is 8.32. The third kappa shape index (κ3) is 4.94. The number of nitrogens with one attached hydrogen (secondary N) is 3. The Bertz CT molecular complexity index is 975. The number of benzene rings is 3. The summed E-state index contributed by atoms with van der Waals surface area (Å²) in [4.78, 5) is 24.2. The number of hydrogen-bond acceptors (Lipinski definition) is 3. The highest BCUT2D eigenvalue weighted by Gasteiger charge is 2.07. The van der Waals surface area contributed by atoms with Gasteiger partial charge in [-0.2, -0.15) is 5.26 Å². The maximum Gasteiger partial charge on any atom is 0.323 e. The summed E-state index contributed by atoms with van der Waals surface area (Å²) in [7, 11) is 0. The predicted molar refractivity (Wildman–Crippen MR) is 105 cm³/mol. The van der Waals surface area contributed by atoms with Gasteiger partial charge in [0.25, 0.3) is 5.91 Å². The fourth-order valence-electron chi connectivity index (χ4n) is 2.35. The van der Waals surface area contributed by atoms with E-state index in [9.17, 15) is 9.59 Å². The summed E-state index contributed by atoms with van der Waals surface area (Å²) in [5.74, 6) is -0.276. The lowest BCUT2D eigenvalue weighted by Crippen LogP contribution is -2.19. The number of rotatable bonds is 4. The van der Waals surface area contributed by atoms with Crippen molar-refractivity contribution in [3.8, 4) is 6.07 Å². The normalized spacial score (nSPS) is 9.74. The van der Waals surface area contributed by atoms with E-state index in [4.69, 9.17) is 5.26 Å². The van der Waals surface area contributed by atoms with E-state index in [-0.39, 0.29) is 11.9 Å². The van der Waals surface area contributed by atoms with Gasteiger partial charge in [0.2, 0.25) is 0 Å². The van der Waals surface area contributed by atoms with Crippen LogP contribution in [0.25, 0.3) is 0 Å². The molecule has 0 aliphatic heterocycles. The Balaban J connectivity index is 1.57. The van der Waals surface area contributed by atoms with Gasteiger partial charge in [-0.3, -0.25) is 4.79 Å². The van der Waals surface area contributed by atoms with Crippen molar-refractivity contribution in [1.29, 1.82) is 5.26 Å². The molecule has 0 aliphatic rings. The summed E-state index contributed by atoms with van der Waals surface area (Å²) in [6, 6.07) is 23.9. The Hall–Kier alpha value is -4.11. The third-order valence-electron chi connectivity index (χ3n) is 3.71. The fraction of sp³-hybridized carbons (Fsp3) is 0. The van der Waals surface area contributed by atoms with Crippen molar-refractivity contribution in [1.82, 2.24) is 0 Å². The zero-order valence-electron chi connectivity index (χ0n) is 14.3. The van der Waals surface area contributed by atoms with Crippen molar-refractivity contribution in [3.63, 3.8) is 0 Å². The van der Waals surface area contributed by atoms with E-state index in [0.29, 0.717) is 28.2 Å². The summed E-state index contributed by atoms with van der Waals surface area (Å²) in [5.41, 5.74) is 2.84. The minimum absolute atomic E-state index is 0.276. The molecule has 0 saturated carbocycles. The van der Waals surface area contributed by atoms with Crippen LogP contribution in [0, 0.1) is 11.3 Å². The Morgan fingerprint density at radius 3 is 1.74 bits per heavy atom. The number of urea groups is 1. The highest BCUT2D eigenvalue weighted by Crippen LogP contribution is 2.15. The maximum absolute atomic E-state index is 12.2. The van der Waals surface area contributed by atoms with Crippen LogP contribution in [0.2, 0.25) is 0 Å². The smallest absolute Gasteiger partial charge is 0.322 e. The maximum atomic E-state index is 12.2. The molecule has 3 aromatic carbocycles. The zero-order chi connectivity index (χ0) is 19.1. The van der Waals surface area contributed by atoms with E-state index in [1.54, 1.807) is 60.7 Å². The molecule has 0 spiro atoms. The van der Waals surface area contributed by atoms with Crippen LogP contribution in [-0.2, 0) is 0 Å². The Morgan fingerprint density at radius 2 is 1.19 bits per heavy atom. The van der Waals surface area contributed by atoms with Crippen molar-refractivity contribution in [2.75, 3.05) is 16.0 Å². The number of carbonyl (C=O) groups excluding carboxylic acids is 2. The highest BCUT2D eigenvalue weighted by molar-refractivity contribution is 6.04. The van der Waals surface area contributed by atoms with Gasteiger partial charge < -0.3 is 16.0 Å². The summed E-state index contributed by atoms with van der Waals surface area (Å²) >= 11 is 0. The number of carbonyl (C=O) groups is 2. The molecule has 3 aromatic rings. The number of para-hydroxylation sites is 1. The molecular formula is C21H16N4O2. The van der Waals surface area contributed by atoms with Crippen LogP contribution in [0.15, 0.2) is 78.9 Å². The molecule has 27 heavy (non-hydrogen) atoms. The largest absolute Gasteiger partial charge is 0.323 e. The number of hydrogen-bond donors (Lipinski definition) is 3. The number of nitrogens with zero attached hydrogens (tertiary/aromatic N) is 1. The predicted octanol–water partition coefficient (Wildman–Crippen LogP) is 4.45. The van der Waals surface area contributed by atoms with Crippen molar-refractivity contribution in [2.45, 2.75) is 0 Å². The van der Waals surface area contributed by atoms with Gasteiger partial charge in [0, 0.05) is 22.6 Å². The molecule has 6 heteroatoms. The number of nitriles is 1. The zero-order valence-corrected chi connectivity index (χ0v) is 14.3. The SMILES string of the molecule is N#Cc1ccc(C(=O)Nc2ccc(NC(=O)Nc3ccccc3)cc2)cc1. The van der Waals surface area contributed by atoms with E-state index in [1.807, 2.05) is 24.3 Å². The molecule has 3 N–H and O–H groups in total. The summed E-state index contributed by atoms with van der Waals surface area (Å²) in [6.07, 6.45) is 0. The first kappa shape index (κ1) is 17.7. The molecule has 6 nitrogen and oxygen atoms in total. The van der Waals surface area contributed by atoms with E-state index in [0.717, 1.165) is 0 Å². The first-order valence-corrected chi connectivity index (χ1v) is 8.19. The van der Waals surface area contributed by atoms with Crippen LogP contribution in [0.5, 0.6) is 0 Å². The van der Waals surface area contributed by atoms with Crippen molar-refractivity contribution >= 4 is 29.0 Å². The summed E-state index contributed by atoms with van der Waals surface area (Å²) < 4.78 is 0. The third-order valence-corrected chi connectivity index (χ3v) is 3.71. The molecule has 132 valence electrons. The molecule has 0 saturated heterocycles. The Morgan fingerprint density at radius 1 is 0.667 bits per heavy atom. The molecule has 0 unspecified atom stereocenters. The molecule has 0 atom stereocenters. The molecule has 0 bridgehead atoms. The highest BCUT2D eigenvalue weighted by atomic mass is 16.2. The monoisotopic (exact) mass is 356 g/mol. The Labute approximate surface area is 156 Å². The van der Waals surface area contributed by atoms with E-state index in [2.05, 4.69) is 16.0 Å². The van der Waals surface area contributed by atoms with Crippen LogP contribution in [0.3, 0.4) is 0 Å². The standard InChI is InChI=1S/C21H16N4O2/c22-14-15-6-8-16(9-7-15)20(26)23-18-10-12-19(13-11-18)25-21(27)24-17-4-2-1-3-5-17/h1-13H,(H,23,26)(H2,24,25,27). The van der Waals surface area contributed by atoms with Gasteiger partial charge in [0.05, 0.1) is 11.6 Å². The van der Waals surface area contributed by atoms with E-state index < -0.39 is 0 Å². The molecule has 3 amide bonds. The topological polar surface area (TPSA) is 94.0 Å². The lowest BCUT2D eigenvalue weighted by molar-refractivity contribution is 0.102. The van der Waals surface area contributed by atoms with Gasteiger partial charge in [0.1, 0.15) is 0 Å². The summed E-state index contributed by atoms with van der Waals surface area (Å²) in [5, 5.41) is 17.0. The average molecular weight is 356 g/mol. The summed E-state index contributed by atoms with van der Waals surface area (Å²) in [6.45, 7) is 0. The van der Waals surface area contributed by atoms with Gasteiger partial charge in [-0.25, -0.2) is 4.79 Å².